The first-order valence-corrected chi connectivity index (χ1v) is 4.94. The predicted octanol–water partition coefficient (Wildman–Crippen LogP) is 1.86. The van der Waals surface area contributed by atoms with Gasteiger partial charge in [0.25, 0.3) is 0 Å². The van der Waals surface area contributed by atoms with E-state index in [1.165, 1.54) is 13.2 Å². The van der Waals surface area contributed by atoms with Crippen LogP contribution in [0.5, 0.6) is 0 Å². The molecule has 3 heteroatoms. The van der Waals surface area contributed by atoms with Crippen LogP contribution in [0, 0.1) is 5.92 Å². The Balaban J connectivity index is 2.77. The molecule has 1 aliphatic rings. The Bertz CT molecular complexity index is 266. The number of methoxy groups -OCH3 is 1. The summed E-state index contributed by atoms with van der Waals surface area (Å²) in [5.74, 6) is -0.254. The zero-order chi connectivity index (χ0) is 10.6. The zero-order valence-corrected chi connectivity index (χ0v) is 8.71. The second-order valence-corrected chi connectivity index (χ2v) is 3.65. The number of ether oxygens (including phenoxy) is 1. The van der Waals surface area contributed by atoms with Crippen molar-refractivity contribution in [1.82, 2.24) is 0 Å². The highest BCUT2D eigenvalue weighted by Crippen LogP contribution is 2.29. The molecule has 0 bridgehead atoms. The summed E-state index contributed by atoms with van der Waals surface area (Å²) in [5.41, 5.74) is 0.940. The van der Waals surface area contributed by atoms with E-state index in [2.05, 4.69) is 4.74 Å². The third-order valence-corrected chi connectivity index (χ3v) is 2.65. The van der Waals surface area contributed by atoms with Crippen LogP contribution in [0.25, 0.3) is 0 Å². The molecule has 1 rings (SSSR count). The highest BCUT2D eigenvalue weighted by atomic mass is 16.5. The van der Waals surface area contributed by atoms with E-state index in [0.717, 1.165) is 31.3 Å². The molecule has 3 nitrogen and oxygen atoms in total. The maximum Gasteiger partial charge on any atom is 0.330 e. The topological polar surface area (TPSA) is 43.4 Å². The Morgan fingerprint density at radius 3 is 2.71 bits per heavy atom. The van der Waals surface area contributed by atoms with Crippen molar-refractivity contribution in [2.24, 2.45) is 5.92 Å². The quantitative estimate of drug-likeness (QED) is 0.500. The highest BCUT2D eigenvalue weighted by molar-refractivity contribution is 5.87. The van der Waals surface area contributed by atoms with Gasteiger partial charge in [-0.05, 0) is 26.2 Å². The average Bonchev–Trinajstić information content (AvgIpc) is 2.18. The maximum absolute atomic E-state index is 11.3. The van der Waals surface area contributed by atoms with Gasteiger partial charge >= 0.3 is 5.97 Å². The van der Waals surface area contributed by atoms with Crippen molar-refractivity contribution >= 4 is 11.8 Å². The van der Waals surface area contributed by atoms with Gasteiger partial charge in [-0.25, -0.2) is 4.79 Å². The van der Waals surface area contributed by atoms with Crippen molar-refractivity contribution in [3.63, 3.8) is 0 Å². The van der Waals surface area contributed by atoms with Gasteiger partial charge in [-0.3, -0.25) is 4.79 Å². The number of carbonyl (C=O) groups excluding carboxylic acids is 2. The number of hydrogen-bond acceptors (Lipinski definition) is 3. The molecule has 1 fully saturated rings. The van der Waals surface area contributed by atoms with Crippen molar-refractivity contribution < 1.29 is 14.3 Å². The van der Waals surface area contributed by atoms with Crippen molar-refractivity contribution in [3.8, 4) is 0 Å². The van der Waals surface area contributed by atoms with Crippen LogP contribution in [0.15, 0.2) is 11.6 Å². The molecule has 0 aromatic carbocycles. The smallest absolute Gasteiger partial charge is 0.330 e. The highest BCUT2D eigenvalue weighted by Gasteiger charge is 2.23. The first kappa shape index (κ1) is 11.0. The summed E-state index contributed by atoms with van der Waals surface area (Å²) in [6, 6.07) is 0. The van der Waals surface area contributed by atoms with Crippen LogP contribution in [0.2, 0.25) is 0 Å². The Morgan fingerprint density at radius 2 is 2.14 bits per heavy atom. The SMILES string of the molecule is COC(=O)/C=C1\CCCCC1C(C)=O. The molecular formula is C11H16O3. The predicted molar refractivity (Wildman–Crippen MR) is 52.7 cm³/mol. The number of carbonyl (C=O) groups is 2. The van der Waals surface area contributed by atoms with Gasteiger partial charge in [0.05, 0.1) is 7.11 Å². The van der Waals surface area contributed by atoms with E-state index in [1.54, 1.807) is 6.92 Å². The zero-order valence-electron chi connectivity index (χ0n) is 8.71. The summed E-state index contributed by atoms with van der Waals surface area (Å²) in [6.45, 7) is 1.58. The van der Waals surface area contributed by atoms with E-state index in [1.807, 2.05) is 0 Å². The van der Waals surface area contributed by atoms with Crippen LogP contribution >= 0.6 is 0 Å². The lowest BCUT2D eigenvalue weighted by Crippen LogP contribution is -2.18. The summed E-state index contributed by atoms with van der Waals surface area (Å²) in [5, 5.41) is 0. The first-order chi connectivity index (χ1) is 6.65. The number of ketones is 1. The lowest BCUT2D eigenvalue weighted by atomic mass is 9.82. The summed E-state index contributed by atoms with van der Waals surface area (Å²) < 4.78 is 4.55. The van der Waals surface area contributed by atoms with Crippen LogP contribution in [-0.2, 0) is 14.3 Å². The molecule has 1 atom stereocenters. The third-order valence-electron chi connectivity index (χ3n) is 2.65. The van der Waals surface area contributed by atoms with E-state index in [0.29, 0.717) is 0 Å². The summed E-state index contributed by atoms with van der Waals surface area (Å²) in [4.78, 5) is 22.3. The van der Waals surface area contributed by atoms with Crippen LogP contribution in [0.4, 0.5) is 0 Å². The van der Waals surface area contributed by atoms with E-state index in [4.69, 9.17) is 0 Å². The largest absolute Gasteiger partial charge is 0.466 e. The van der Waals surface area contributed by atoms with Crippen LogP contribution in [0.3, 0.4) is 0 Å². The van der Waals surface area contributed by atoms with Crippen molar-refractivity contribution in [2.75, 3.05) is 7.11 Å². The molecule has 0 aromatic rings. The van der Waals surface area contributed by atoms with Crippen LogP contribution in [0.1, 0.15) is 32.6 Å². The third kappa shape index (κ3) is 2.69. The van der Waals surface area contributed by atoms with E-state index in [-0.39, 0.29) is 17.7 Å². The minimum Gasteiger partial charge on any atom is -0.466 e. The number of allylic oxidation sites excluding steroid dienone is 1. The van der Waals surface area contributed by atoms with Crippen molar-refractivity contribution in [3.05, 3.63) is 11.6 Å². The Labute approximate surface area is 84.1 Å². The van der Waals surface area contributed by atoms with E-state index in [9.17, 15) is 9.59 Å². The number of rotatable bonds is 2. The fourth-order valence-corrected chi connectivity index (χ4v) is 1.88. The fourth-order valence-electron chi connectivity index (χ4n) is 1.88. The van der Waals surface area contributed by atoms with Gasteiger partial charge in [0, 0.05) is 12.0 Å². The van der Waals surface area contributed by atoms with E-state index >= 15 is 0 Å². The van der Waals surface area contributed by atoms with Gasteiger partial charge in [0.1, 0.15) is 5.78 Å². The molecule has 1 unspecified atom stereocenters. The number of hydrogen-bond donors (Lipinski definition) is 0. The molecule has 0 N–H and O–H groups in total. The lowest BCUT2D eigenvalue weighted by molar-refractivity contribution is -0.134. The average molecular weight is 196 g/mol. The molecule has 14 heavy (non-hydrogen) atoms. The van der Waals surface area contributed by atoms with Crippen LogP contribution < -0.4 is 0 Å². The molecule has 78 valence electrons. The molecule has 1 aliphatic carbocycles. The Kier molecular flexibility index (Phi) is 3.86. The minimum atomic E-state index is -0.354. The fraction of sp³-hybridized carbons (Fsp3) is 0.636. The molecule has 0 spiro atoms. The Hall–Kier alpha value is -1.12. The molecule has 0 aromatic heterocycles. The van der Waals surface area contributed by atoms with Gasteiger partial charge in [-0.2, -0.15) is 0 Å². The molecule has 0 heterocycles. The van der Waals surface area contributed by atoms with Gasteiger partial charge in [0.2, 0.25) is 0 Å². The summed E-state index contributed by atoms with van der Waals surface area (Å²) >= 11 is 0. The number of Topliss-reactive ketones (excluding diaryl/α,β-unsaturated/α-hetero) is 1. The molecule has 0 aliphatic heterocycles. The van der Waals surface area contributed by atoms with Crippen molar-refractivity contribution in [1.29, 1.82) is 0 Å². The van der Waals surface area contributed by atoms with E-state index < -0.39 is 0 Å². The second kappa shape index (κ2) is 4.94. The van der Waals surface area contributed by atoms with Gasteiger partial charge < -0.3 is 4.74 Å². The summed E-state index contributed by atoms with van der Waals surface area (Å²) in [6.07, 6.45) is 5.33. The lowest BCUT2D eigenvalue weighted by Gasteiger charge is -2.22. The summed E-state index contributed by atoms with van der Waals surface area (Å²) in [7, 11) is 1.35. The molecule has 0 radical (unpaired) electrons. The number of esters is 1. The standard InChI is InChI=1S/C11H16O3/c1-8(12)10-6-4-3-5-9(10)7-11(13)14-2/h7,10H,3-6H2,1-2H3/b9-7+. The molecule has 1 saturated carbocycles. The van der Waals surface area contributed by atoms with Gasteiger partial charge in [-0.15, -0.1) is 0 Å². The normalized spacial score (nSPS) is 24.7. The molecular weight excluding hydrogens is 180 g/mol. The second-order valence-electron chi connectivity index (χ2n) is 3.65. The Morgan fingerprint density at radius 1 is 1.43 bits per heavy atom. The maximum atomic E-state index is 11.3. The van der Waals surface area contributed by atoms with Crippen molar-refractivity contribution in [2.45, 2.75) is 32.6 Å². The van der Waals surface area contributed by atoms with Gasteiger partial charge in [0.15, 0.2) is 0 Å². The van der Waals surface area contributed by atoms with Gasteiger partial charge in [-0.1, -0.05) is 12.0 Å². The molecule has 0 amide bonds. The minimum absolute atomic E-state index is 0.0529. The molecule has 0 saturated heterocycles. The van der Waals surface area contributed by atoms with Crippen LogP contribution in [-0.4, -0.2) is 18.9 Å². The monoisotopic (exact) mass is 196 g/mol. The first-order valence-electron chi connectivity index (χ1n) is 4.94.